The fraction of sp³-hybridized carbons (Fsp3) is 0.778. The third-order valence-corrected chi connectivity index (χ3v) is 2.12. The predicted molar refractivity (Wildman–Crippen MR) is 50.2 cm³/mol. The molecule has 6 heteroatoms. The summed E-state index contributed by atoms with van der Waals surface area (Å²) in [5, 5.41) is 35.1. The standard InChI is InChI=1S/C9H16O6/c10-3-1-2-7(12)6(5-11)4-8(13)9(14)15/h6-7,10-12H,1-5H2,(H,14,15). The molecule has 0 fully saturated rings. The van der Waals surface area contributed by atoms with E-state index in [1.807, 2.05) is 0 Å². The van der Waals surface area contributed by atoms with Gasteiger partial charge in [0.15, 0.2) is 0 Å². The van der Waals surface area contributed by atoms with Crippen LogP contribution in [0.5, 0.6) is 0 Å². The molecular weight excluding hydrogens is 204 g/mol. The van der Waals surface area contributed by atoms with E-state index in [4.69, 9.17) is 15.3 Å². The number of aliphatic hydroxyl groups excluding tert-OH is 3. The van der Waals surface area contributed by atoms with Crippen molar-refractivity contribution >= 4 is 11.8 Å². The highest BCUT2D eigenvalue weighted by Gasteiger charge is 2.24. The van der Waals surface area contributed by atoms with Gasteiger partial charge in [-0.3, -0.25) is 4.79 Å². The smallest absolute Gasteiger partial charge is 0.372 e. The molecule has 88 valence electrons. The Morgan fingerprint density at radius 1 is 1.20 bits per heavy atom. The first-order valence-electron chi connectivity index (χ1n) is 4.68. The Morgan fingerprint density at radius 2 is 1.80 bits per heavy atom. The molecule has 0 spiro atoms. The summed E-state index contributed by atoms with van der Waals surface area (Å²) in [6.07, 6.45) is -0.781. The molecule has 0 aromatic heterocycles. The molecule has 0 aliphatic heterocycles. The minimum Gasteiger partial charge on any atom is -0.476 e. The van der Waals surface area contributed by atoms with E-state index in [9.17, 15) is 14.7 Å². The number of Topliss-reactive ketones (excluding diaryl/α,β-unsaturated/α-hetero) is 1. The molecule has 0 saturated heterocycles. The molecule has 0 amide bonds. The second-order valence-electron chi connectivity index (χ2n) is 3.31. The maximum absolute atomic E-state index is 10.8. The van der Waals surface area contributed by atoms with E-state index in [0.717, 1.165) is 0 Å². The molecule has 0 aliphatic rings. The zero-order chi connectivity index (χ0) is 11.8. The minimum absolute atomic E-state index is 0.0952. The zero-order valence-corrected chi connectivity index (χ0v) is 8.30. The molecule has 0 rings (SSSR count). The largest absolute Gasteiger partial charge is 0.476 e. The van der Waals surface area contributed by atoms with Crippen molar-refractivity contribution in [3.8, 4) is 0 Å². The van der Waals surface area contributed by atoms with Crippen LogP contribution in [0, 0.1) is 5.92 Å². The predicted octanol–water partition coefficient (Wildman–Crippen LogP) is -1.23. The van der Waals surface area contributed by atoms with E-state index in [-0.39, 0.29) is 13.0 Å². The van der Waals surface area contributed by atoms with E-state index in [2.05, 4.69) is 0 Å². The van der Waals surface area contributed by atoms with Gasteiger partial charge < -0.3 is 20.4 Å². The number of aliphatic hydroxyl groups is 3. The summed E-state index contributed by atoms with van der Waals surface area (Å²) in [6.45, 7) is -0.548. The Balaban J connectivity index is 4.11. The average Bonchev–Trinajstić information content (AvgIpc) is 2.21. The number of hydrogen-bond acceptors (Lipinski definition) is 5. The number of ketones is 1. The lowest BCUT2D eigenvalue weighted by Gasteiger charge is -2.18. The first kappa shape index (κ1) is 14.0. The molecule has 0 aliphatic carbocycles. The number of aliphatic carboxylic acids is 1. The molecule has 0 aromatic carbocycles. The normalized spacial score (nSPS) is 14.6. The summed E-state index contributed by atoms with van der Waals surface area (Å²) in [6, 6.07) is 0. The Bertz CT molecular complexity index is 215. The van der Waals surface area contributed by atoms with Crippen molar-refractivity contribution in [1.82, 2.24) is 0 Å². The van der Waals surface area contributed by atoms with Crippen molar-refractivity contribution in [3.05, 3.63) is 0 Å². The van der Waals surface area contributed by atoms with Gasteiger partial charge in [0.2, 0.25) is 5.78 Å². The maximum Gasteiger partial charge on any atom is 0.372 e. The summed E-state index contributed by atoms with van der Waals surface area (Å²) in [5.74, 6) is -3.37. The third-order valence-electron chi connectivity index (χ3n) is 2.12. The van der Waals surface area contributed by atoms with Crippen molar-refractivity contribution < 1.29 is 30.0 Å². The van der Waals surface area contributed by atoms with Crippen LogP contribution in [0.25, 0.3) is 0 Å². The van der Waals surface area contributed by atoms with Crippen molar-refractivity contribution in [2.75, 3.05) is 13.2 Å². The molecule has 0 radical (unpaired) electrons. The Hall–Kier alpha value is -0.980. The van der Waals surface area contributed by atoms with Gasteiger partial charge in [0.05, 0.1) is 6.10 Å². The van der Waals surface area contributed by atoms with Crippen LogP contribution in [0.1, 0.15) is 19.3 Å². The number of carbonyl (C=O) groups is 2. The molecule has 4 N–H and O–H groups in total. The van der Waals surface area contributed by atoms with Gasteiger partial charge in [-0.25, -0.2) is 4.79 Å². The van der Waals surface area contributed by atoms with E-state index >= 15 is 0 Å². The van der Waals surface area contributed by atoms with Crippen molar-refractivity contribution in [2.24, 2.45) is 5.92 Å². The highest BCUT2D eigenvalue weighted by atomic mass is 16.4. The molecule has 2 atom stereocenters. The van der Waals surface area contributed by atoms with Crippen LogP contribution in [-0.4, -0.2) is 51.5 Å². The maximum atomic E-state index is 10.8. The van der Waals surface area contributed by atoms with E-state index in [1.54, 1.807) is 0 Å². The second kappa shape index (κ2) is 7.33. The quantitative estimate of drug-likeness (QED) is 0.381. The summed E-state index contributed by atoms with van der Waals surface area (Å²) in [4.78, 5) is 21.1. The minimum atomic E-state index is -1.57. The molecule has 0 bridgehead atoms. The molecule has 0 aromatic rings. The van der Waals surface area contributed by atoms with E-state index in [0.29, 0.717) is 6.42 Å². The molecule has 0 saturated carbocycles. The van der Waals surface area contributed by atoms with Gasteiger partial charge in [0.1, 0.15) is 0 Å². The Labute approximate surface area is 87.2 Å². The third kappa shape index (κ3) is 5.46. The topological polar surface area (TPSA) is 115 Å². The van der Waals surface area contributed by atoms with Gasteiger partial charge in [0.25, 0.3) is 0 Å². The SMILES string of the molecule is O=C(O)C(=O)CC(CO)C(O)CCCO. The van der Waals surface area contributed by atoms with Crippen LogP contribution in [0.15, 0.2) is 0 Å². The zero-order valence-electron chi connectivity index (χ0n) is 8.30. The van der Waals surface area contributed by atoms with Crippen molar-refractivity contribution in [2.45, 2.75) is 25.4 Å². The van der Waals surface area contributed by atoms with Gasteiger partial charge >= 0.3 is 5.97 Å². The first-order chi connectivity index (χ1) is 7.02. The Morgan fingerprint density at radius 3 is 2.20 bits per heavy atom. The molecular formula is C9H16O6. The van der Waals surface area contributed by atoms with Crippen LogP contribution >= 0.6 is 0 Å². The van der Waals surface area contributed by atoms with E-state index in [1.165, 1.54) is 0 Å². The first-order valence-corrected chi connectivity index (χ1v) is 4.68. The fourth-order valence-corrected chi connectivity index (χ4v) is 1.18. The lowest BCUT2D eigenvalue weighted by Crippen LogP contribution is -2.29. The number of rotatable bonds is 8. The summed E-state index contributed by atoms with van der Waals surface area (Å²) >= 11 is 0. The monoisotopic (exact) mass is 220 g/mol. The van der Waals surface area contributed by atoms with Gasteiger partial charge in [0, 0.05) is 25.6 Å². The number of carbonyl (C=O) groups excluding carboxylic acids is 1. The van der Waals surface area contributed by atoms with Crippen LogP contribution in [0.2, 0.25) is 0 Å². The second-order valence-corrected chi connectivity index (χ2v) is 3.31. The van der Waals surface area contributed by atoms with Crippen LogP contribution in [0.3, 0.4) is 0 Å². The number of carboxylic acids is 1. The Kier molecular flexibility index (Phi) is 6.85. The average molecular weight is 220 g/mol. The highest BCUT2D eigenvalue weighted by Crippen LogP contribution is 2.13. The molecule has 0 heterocycles. The lowest BCUT2D eigenvalue weighted by atomic mass is 9.94. The van der Waals surface area contributed by atoms with Gasteiger partial charge in [-0.05, 0) is 12.8 Å². The van der Waals surface area contributed by atoms with Gasteiger partial charge in [-0.1, -0.05) is 0 Å². The van der Waals surface area contributed by atoms with Gasteiger partial charge in [-0.15, -0.1) is 0 Å². The summed E-state index contributed by atoms with van der Waals surface area (Å²) in [7, 11) is 0. The highest BCUT2D eigenvalue weighted by molar-refractivity contribution is 6.32. The molecule has 15 heavy (non-hydrogen) atoms. The van der Waals surface area contributed by atoms with Crippen molar-refractivity contribution in [1.29, 1.82) is 0 Å². The summed E-state index contributed by atoms with van der Waals surface area (Å²) in [5.41, 5.74) is 0. The summed E-state index contributed by atoms with van der Waals surface area (Å²) < 4.78 is 0. The lowest BCUT2D eigenvalue weighted by molar-refractivity contribution is -0.150. The fourth-order valence-electron chi connectivity index (χ4n) is 1.18. The van der Waals surface area contributed by atoms with Crippen LogP contribution in [0.4, 0.5) is 0 Å². The molecule has 6 nitrogen and oxygen atoms in total. The number of carboxylic acid groups (broad SMARTS) is 1. The molecule has 2 unspecified atom stereocenters. The van der Waals surface area contributed by atoms with Crippen LogP contribution in [-0.2, 0) is 9.59 Å². The van der Waals surface area contributed by atoms with E-state index < -0.39 is 36.8 Å². The number of hydrogen-bond donors (Lipinski definition) is 4. The van der Waals surface area contributed by atoms with Crippen molar-refractivity contribution in [3.63, 3.8) is 0 Å². The van der Waals surface area contributed by atoms with Gasteiger partial charge in [-0.2, -0.15) is 0 Å². The van der Waals surface area contributed by atoms with Crippen LogP contribution < -0.4 is 0 Å².